The summed E-state index contributed by atoms with van der Waals surface area (Å²) < 4.78 is 5.13. The van der Waals surface area contributed by atoms with Crippen LogP contribution in [0.4, 0.5) is 5.82 Å². The van der Waals surface area contributed by atoms with Gasteiger partial charge in [-0.3, -0.25) is 9.59 Å². The van der Waals surface area contributed by atoms with Crippen LogP contribution < -0.4 is 20.5 Å². The third-order valence-electron chi connectivity index (χ3n) is 3.92. The molecule has 0 bridgehead atoms. The van der Waals surface area contributed by atoms with E-state index < -0.39 is 0 Å². The molecule has 1 aliphatic heterocycles. The van der Waals surface area contributed by atoms with Crippen molar-refractivity contribution >= 4 is 23.3 Å². The Kier molecular flexibility index (Phi) is 4.71. The number of amides is 1. The molecule has 1 fully saturated rings. The summed E-state index contributed by atoms with van der Waals surface area (Å²) in [6.07, 6.45) is 2.16. The van der Waals surface area contributed by atoms with Gasteiger partial charge in [-0.2, -0.15) is 0 Å². The molecule has 1 aromatic heterocycles. The van der Waals surface area contributed by atoms with Crippen molar-refractivity contribution in [1.29, 1.82) is 0 Å². The summed E-state index contributed by atoms with van der Waals surface area (Å²) in [5, 5.41) is 3.45. The summed E-state index contributed by atoms with van der Waals surface area (Å²) in [7, 11) is 1.51. The highest BCUT2D eigenvalue weighted by Gasteiger charge is 2.25. The van der Waals surface area contributed by atoms with Crippen molar-refractivity contribution in [2.75, 3.05) is 25.1 Å². The first-order chi connectivity index (χ1) is 11.6. The van der Waals surface area contributed by atoms with E-state index in [1.54, 1.807) is 18.2 Å². The summed E-state index contributed by atoms with van der Waals surface area (Å²) in [6.45, 7) is 1.33. The van der Waals surface area contributed by atoms with Gasteiger partial charge in [0.1, 0.15) is 11.6 Å². The normalized spacial score (nSPS) is 16.9. The number of hydrogen-bond acceptors (Lipinski definition) is 5. The molecule has 1 unspecified atom stereocenters. The van der Waals surface area contributed by atoms with Gasteiger partial charge in [-0.05, 0) is 24.6 Å². The molecule has 1 aromatic carbocycles. The molecule has 126 valence electrons. The largest absolute Gasteiger partial charge is 0.495 e. The Balaban J connectivity index is 1.65. The number of methoxy groups -OCH3 is 1. The number of hydrogen-bond donors (Lipinski definition) is 2. The maximum Gasteiger partial charge on any atom is 0.252 e. The van der Waals surface area contributed by atoms with Crippen LogP contribution in [0, 0.1) is 0 Å². The lowest BCUT2D eigenvalue weighted by atomic mass is 10.1. The highest BCUT2D eigenvalue weighted by molar-refractivity contribution is 6.32. The van der Waals surface area contributed by atoms with E-state index in [-0.39, 0.29) is 17.5 Å². The Morgan fingerprint density at radius 1 is 1.46 bits per heavy atom. The van der Waals surface area contributed by atoms with E-state index in [0.717, 1.165) is 13.0 Å². The molecule has 1 aliphatic rings. The second-order valence-corrected chi connectivity index (χ2v) is 5.93. The van der Waals surface area contributed by atoms with Crippen LogP contribution in [0.2, 0.25) is 5.02 Å². The highest BCUT2D eigenvalue weighted by atomic mass is 35.5. The van der Waals surface area contributed by atoms with Crippen molar-refractivity contribution in [2.24, 2.45) is 0 Å². The number of anilines is 1. The number of carbonyl (C=O) groups is 1. The third-order valence-corrected chi connectivity index (χ3v) is 4.24. The van der Waals surface area contributed by atoms with Crippen molar-refractivity contribution in [3.8, 4) is 5.75 Å². The number of nitrogens with zero attached hydrogens (tertiary/aromatic N) is 2. The summed E-state index contributed by atoms with van der Waals surface area (Å²) in [5.74, 6) is 0.893. The lowest BCUT2D eigenvalue weighted by Gasteiger charge is -2.17. The lowest BCUT2D eigenvalue weighted by molar-refractivity contribution is 0.0940. The van der Waals surface area contributed by atoms with Gasteiger partial charge in [-0.25, -0.2) is 4.98 Å². The van der Waals surface area contributed by atoms with E-state index in [2.05, 4.69) is 15.3 Å². The standard InChI is InChI=1S/C16H17ClN4O3/c1-24-13-6-10(2-3-12(13)17)16(23)20-11-4-5-21(8-11)14-7-15(22)19-9-18-14/h2-3,6-7,9,11H,4-5,8H2,1H3,(H,20,23)(H,18,19,22). The summed E-state index contributed by atoms with van der Waals surface area (Å²) >= 11 is 5.97. The smallest absolute Gasteiger partial charge is 0.252 e. The van der Waals surface area contributed by atoms with E-state index in [1.807, 2.05) is 4.90 Å². The number of benzene rings is 1. The zero-order valence-electron chi connectivity index (χ0n) is 13.1. The van der Waals surface area contributed by atoms with E-state index in [9.17, 15) is 9.59 Å². The van der Waals surface area contributed by atoms with Crippen molar-refractivity contribution in [3.05, 3.63) is 51.5 Å². The molecule has 2 N–H and O–H groups in total. The molecule has 2 aromatic rings. The molecule has 24 heavy (non-hydrogen) atoms. The van der Waals surface area contributed by atoms with Gasteiger partial charge in [0.05, 0.1) is 18.5 Å². The maximum absolute atomic E-state index is 12.4. The predicted molar refractivity (Wildman–Crippen MR) is 90.9 cm³/mol. The Hall–Kier alpha value is -2.54. The number of halogens is 1. The average Bonchev–Trinajstić information content (AvgIpc) is 3.03. The van der Waals surface area contributed by atoms with Crippen LogP contribution in [-0.2, 0) is 0 Å². The molecule has 0 saturated carbocycles. The second-order valence-electron chi connectivity index (χ2n) is 5.52. The van der Waals surface area contributed by atoms with Gasteiger partial charge >= 0.3 is 0 Å². The Labute approximate surface area is 143 Å². The van der Waals surface area contributed by atoms with Gasteiger partial charge in [0.2, 0.25) is 0 Å². The van der Waals surface area contributed by atoms with Crippen molar-refractivity contribution in [3.63, 3.8) is 0 Å². The number of nitrogens with one attached hydrogen (secondary N) is 2. The quantitative estimate of drug-likeness (QED) is 0.873. The van der Waals surface area contributed by atoms with Crippen LogP contribution in [0.1, 0.15) is 16.8 Å². The SMILES string of the molecule is COc1cc(C(=O)NC2CCN(c3cc(=O)[nH]cn3)C2)ccc1Cl. The molecule has 0 aliphatic carbocycles. The Morgan fingerprint density at radius 2 is 2.29 bits per heavy atom. The monoisotopic (exact) mass is 348 g/mol. The number of aromatic nitrogens is 2. The van der Waals surface area contributed by atoms with E-state index in [4.69, 9.17) is 16.3 Å². The average molecular weight is 349 g/mol. The van der Waals surface area contributed by atoms with Crippen molar-refractivity contribution in [2.45, 2.75) is 12.5 Å². The first-order valence-electron chi connectivity index (χ1n) is 7.51. The lowest BCUT2D eigenvalue weighted by Crippen LogP contribution is -2.37. The fraction of sp³-hybridized carbons (Fsp3) is 0.312. The van der Waals surface area contributed by atoms with Crippen LogP contribution in [0.15, 0.2) is 35.4 Å². The molecular formula is C16H17ClN4O3. The zero-order chi connectivity index (χ0) is 17.1. The number of H-pyrrole nitrogens is 1. The van der Waals surface area contributed by atoms with Gasteiger partial charge in [-0.1, -0.05) is 11.6 Å². The van der Waals surface area contributed by atoms with Crippen LogP contribution in [0.25, 0.3) is 0 Å². The van der Waals surface area contributed by atoms with Crippen LogP contribution in [0.5, 0.6) is 5.75 Å². The first-order valence-corrected chi connectivity index (χ1v) is 7.88. The van der Waals surface area contributed by atoms with Crippen molar-refractivity contribution < 1.29 is 9.53 Å². The minimum Gasteiger partial charge on any atom is -0.495 e. The van der Waals surface area contributed by atoms with Crippen LogP contribution >= 0.6 is 11.6 Å². The molecule has 7 nitrogen and oxygen atoms in total. The molecule has 1 atom stereocenters. The summed E-state index contributed by atoms with van der Waals surface area (Å²) in [4.78, 5) is 32.4. The predicted octanol–water partition coefficient (Wildman–Crippen LogP) is 1.44. The van der Waals surface area contributed by atoms with E-state index in [1.165, 1.54) is 19.5 Å². The topological polar surface area (TPSA) is 87.3 Å². The second kappa shape index (κ2) is 6.92. The minimum absolute atomic E-state index is 0.0136. The fourth-order valence-electron chi connectivity index (χ4n) is 2.69. The molecule has 2 heterocycles. The Bertz CT molecular complexity index is 808. The molecular weight excluding hydrogens is 332 g/mol. The van der Waals surface area contributed by atoms with Crippen LogP contribution in [-0.4, -0.2) is 42.1 Å². The van der Waals surface area contributed by atoms with Crippen LogP contribution in [0.3, 0.4) is 0 Å². The fourth-order valence-corrected chi connectivity index (χ4v) is 2.88. The van der Waals surface area contributed by atoms with E-state index in [0.29, 0.717) is 28.7 Å². The maximum atomic E-state index is 12.4. The number of carbonyl (C=O) groups excluding carboxylic acids is 1. The molecule has 3 rings (SSSR count). The third kappa shape index (κ3) is 3.51. The summed E-state index contributed by atoms with van der Waals surface area (Å²) in [5.41, 5.74) is 0.296. The number of ether oxygens (including phenoxy) is 1. The van der Waals surface area contributed by atoms with Gasteiger partial charge in [0.15, 0.2) is 0 Å². The first kappa shape index (κ1) is 16.3. The highest BCUT2D eigenvalue weighted by Crippen LogP contribution is 2.25. The number of rotatable bonds is 4. The minimum atomic E-state index is -0.194. The van der Waals surface area contributed by atoms with E-state index >= 15 is 0 Å². The molecule has 1 saturated heterocycles. The Morgan fingerprint density at radius 3 is 3.04 bits per heavy atom. The number of aromatic amines is 1. The van der Waals surface area contributed by atoms with Gasteiger partial charge in [-0.15, -0.1) is 0 Å². The molecule has 0 radical (unpaired) electrons. The van der Waals surface area contributed by atoms with Gasteiger partial charge in [0.25, 0.3) is 11.5 Å². The van der Waals surface area contributed by atoms with Crippen molar-refractivity contribution in [1.82, 2.24) is 15.3 Å². The molecule has 1 amide bonds. The van der Waals surface area contributed by atoms with Gasteiger partial charge < -0.3 is 19.9 Å². The zero-order valence-corrected chi connectivity index (χ0v) is 13.8. The summed E-state index contributed by atoms with van der Waals surface area (Å²) in [6, 6.07) is 6.35. The molecule has 8 heteroatoms. The van der Waals surface area contributed by atoms with Gasteiger partial charge in [0, 0.05) is 30.8 Å². The molecule has 0 spiro atoms.